The summed E-state index contributed by atoms with van der Waals surface area (Å²) >= 11 is 7.96. The van der Waals surface area contributed by atoms with Crippen molar-refractivity contribution < 1.29 is 0 Å². The van der Waals surface area contributed by atoms with Gasteiger partial charge < -0.3 is 10.6 Å². The lowest BCUT2D eigenvalue weighted by atomic mass is 10.2. The summed E-state index contributed by atoms with van der Waals surface area (Å²) in [6.45, 7) is 2.17. The summed E-state index contributed by atoms with van der Waals surface area (Å²) in [7, 11) is 2.03. The van der Waals surface area contributed by atoms with E-state index in [2.05, 4.69) is 18.1 Å². The first-order valence-electron chi connectivity index (χ1n) is 4.83. The number of thioether (sulfide) groups is 1. The molecule has 84 valence electrons. The van der Waals surface area contributed by atoms with Crippen molar-refractivity contribution in [3.63, 3.8) is 0 Å². The fourth-order valence-corrected chi connectivity index (χ4v) is 2.50. The molecular formula is C11H17ClN2S. The van der Waals surface area contributed by atoms with Crippen molar-refractivity contribution in [3.8, 4) is 0 Å². The van der Waals surface area contributed by atoms with Gasteiger partial charge in [0.1, 0.15) is 0 Å². The number of hydrogen-bond donors (Lipinski definition) is 1. The van der Waals surface area contributed by atoms with E-state index < -0.39 is 0 Å². The Morgan fingerprint density at radius 3 is 2.73 bits per heavy atom. The predicted molar refractivity (Wildman–Crippen MR) is 72.1 cm³/mol. The topological polar surface area (TPSA) is 29.3 Å². The van der Waals surface area contributed by atoms with E-state index in [-0.39, 0.29) is 0 Å². The summed E-state index contributed by atoms with van der Waals surface area (Å²) < 4.78 is 0. The molecule has 1 atom stereocenters. The van der Waals surface area contributed by atoms with Crippen molar-refractivity contribution in [2.45, 2.75) is 13.0 Å². The highest BCUT2D eigenvalue weighted by molar-refractivity contribution is 7.98. The van der Waals surface area contributed by atoms with Gasteiger partial charge in [-0.2, -0.15) is 11.8 Å². The SMILES string of the molecule is CSCC(C)N(C)c1c(N)cccc1Cl. The largest absolute Gasteiger partial charge is 0.397 e. The molecule has 0 saturated carbocycles. The number of hydrogen-bond acceptors (Lipinski definition) is 3. The monoisotopic (exact) mass is 244 g/mol. The van der Waals surface area contributed by atoms with E-state index in [9.17, 15) is 0 Å². The lowest BCUT2D eigenvalue weighted by molar-refractivity contribution is 0.767. The van der Waals surface area contributed by atoms with Crippen LogP contribution in [0.4, 0.5) is 11.4 Å². The standard InChI is InChI=1S/C11H17ClN2S/c1-8(7-15-3)14(2)11-9(12)5-4-6-10(11)13/h4-6,8H,7,13H2,1-3H3. The van der Waals surface area contributed by atoms with Crippen molar-refractivity contribution in [2.24, 2.45) is 0 Å². The second-order valence-electron chi connectivity index (χ2n) is 3.59. The Labute approximate surface area is 101 Å². The van der Waals surface area contributed by atoms with Crippen LogP contribution in [-0.2, 0) is 0 Å². The smallest absolute Gasteiger partial charge is 0.0789 e. The van der Waals surface area contributed by atoms with Gasteiger partial charge in [0.05, 0.1) is 16.4 Å². The van der Waals surface area contributed by atoms with E-state index in [1.165, 1.54) is 0 Å². The van der Waals surface area contributed by atoms with E-state index in [1.54, 1.807) is 0 Å². The molecule has 0 fully saturated rings. The fourth-order valence-electron chi connectivity index (χ4n) is 1.48. The van der Waals surface area contributed by atoms with Crippen LogP contribution in [-0.4, -0.2) is 25.1 Å². The number of halogens is 1. The van der Waals surface area contributed by atoms with Crippen LogP contribution in [0.2, 0.25) is 5.02 Å². The molecule has 0 saturated heterocycles. The van der Waals surface area contributed by atoms with Gasteiger partial charge in [-0.1, -0.05) is 17.7 Å². The number of anilines is 2. The maximum Gasteiger partial charge on any atom is 0.0789 e. The Morgan fingerprint density at radius 2 is 2.20 bits per heavy atom. The van der Waals surface area contributed by atoms with Gasteiger partial charge in [-0.15, -0.1) is 0 Å². The van der Waals surface area contributed by atoms with Gasteiger partial charge in [-0.25, -0.2) is 0 Å². The molecule has 0 amide bonds. The zero-order valence-corrected chi connectivity index (χ0v) is 10.9. The molecule has 0 aliphatic carbocycles. The second kappa shape index (κ2) is 5.52. The summed E-state index contributed by atoms with van der Waals surface area (Å²) in [4.78, 5) is 2.13. The van der Waals surface area contributed by atoms with E-state index in [0.717, 1.165) is 17.1 Å². The van der Waals surface area contributed by atoms with Crippen molar-refractivity contribution >= 4 is 34.7 Å². The van der Waals surface area contributed by atoms with E-state index in [0.29, 0.717) is 11.1 Å². The van der Waals surface area contributed by atoms with Crippen LogP contribution < -0.4 is 10.6 Å². The molecule has 0 heterocycles. The van der Waals surface area contributed by atoms with Crippen LogP contribution in [0.3, 0.4) is 0 Å². The number of nitrogens with zero attached hydrogens (tertiary/aromatic N) is 1. The van der Waals surface area contributed by atoms with Crippen molar-refractivity contribution in [2.75, 3.05) is 29.7 Å². The van der Waals surface area contributed by atoms with Crippen LogP contribution in [0.1, 0.15) is 6.92 Å². The molecule has 1 rings (SSSR count). The molecular weight excluding hydrogens is 228 g/mol. The normalized spacial score (nSPS) is 12.5. The molecule has 15 heavy (non-hydrogen) atoms. The lowest BCUT2D eigenvalue weighted by Crippen LogP contribution is -2.31. The van der Waals surface area contributed by atoms with E-state index in [1.807, 2.05) is 37.0 Å². The average molecular weight is 245 g/mol. The van der Waals surface area contributed by atoms with Gasteiger partial charge in [0, 0.05) is 18.8 Å². The Balaban J connectivity index is 2.94. The highest BCUT2D eigenvalue weighted by Gasteiger charge is 2.14. The fraction of sp³-hybridized carbons (Fsp3) is 0.455. The third-order valence-corrected chi connectivity index (χ3v) is 3.56. The highest BCUT2D eigenvalue weighted by atomic mass is 35.5. The molecule has 0 bridgehead atoms. The number of benzene rings is 1. The third kappa shape index (κ3) is 2.95. The summed E-state index contributed by atoms with van der Waals surface area (Å²) in [5.41, 5.74) is 7.59. The number of nitrogen functional groups attached to an aromatic ring is 1. The Bertz CT molecular complexity index is 310. The molecule has 1 aromatic rings. The number of nitrogens with two attached hydrogens (primary N) is 1. The molecule has 2 N–H and O–H groups in total. The quantitative estimate of drug-likeness (QED) is 0.826. The molecule has 0 spiro atoms. The van der Waals surface area contributed by atoms with Gasteiger partial charge in [-0.3, -0.25) is 0 Å². The summed E-state index contributed by atoms with van der Waals surface area (Å²) in [5.74, 6) is 1.06. The minimum absolute atomic E-state index is 0.419. The lowest BCUT2D eigenvalue weighted by Gasteiger charge is -2.28. The van der Waals surface area contributed by atoms with Gasteiger partial charge >= 0.3 is 0 Å². The number of para-hydroxylation sites is 1. The number of rotatable bonds is 4. The second-order valence-corrected chi connectivity index (χ2v) is 4.91. The van der Waals surface area contributed by atoms with Crippen LogP contribution in [0.25, 0.3) is 0 Å². The molecule has 0 aliphatic rings. The third-order valence-electron chi connectivity index (χ3n) is 2.44. The Kier molecular flexibility index (Phi) is 4.61. The van der Waals surface area contributed by atoms with Crippen LogP contribution >= 0.6 is 23.4 Å². The minimum atomic E-state index is 0.419. The first-order valence-corrected chi connectivity index (χ1v) is 6.61. The molecule has 2 nitrogen and oxygen atoms in total. The molecule has 0 radical (unpaired) electrons. The van der Waals surface area contributed by atoms with Gasteiger partial charge in [-0.05, 0) is 25.3 Å². The van der Waals surface area contributed by atoms with Crippen molar-refractivity contribution in [3.05, 3.63) is 23.2 Å². The highest BCUT2D eigenvalue weighted by Crippen LogP contribution is 2.32. The van der Waals surface area contributed by atoms with Gasteiger partial charge in [0.15, 0.2) is 0 Å². The van der Waals surface area contributed by atoms with Gasteiger partial charge in [0.25, 0.3) is 0 Å². The van der Waals surface area contributed by atoms with Crippen LogP contribution in [0.15, 0.2) is 18.2 Å². The minimum Gasteiger partial charge on any atom is -0.397 e. The molecule has 1 aromatic carbocycles. The first kappa shape index (κ1) is 12.5. The maximum absolute atomic E-state index is 6.14. The Hall–Kier alpha value is -0.540. The summed E-state index contributed by atoms with van der Waals surface area (Å²) in [6.07, 6.45) is 2.10. The maximum atomic E-state index is 6.14. The van der Waals surface area contributed by atoms with E-state index >= 15 is 0 Å². The zero-order valence-electron chi connectivity index (χ0n) is 9.33. The predicted octanol–water partition coefficient (Wildman–Crippen LogP) is 3.11. The van der Waals surface area contributed by atoms with Crippen LogP contribution in [0, 0.1) is 0 Å². The molecule has 0 aromatic heterocycles. The summed E-state index contributed by atoms with van der Waals surface area (Å²) in [5, 5.41) is 0.713. The molecule has 1 unspecified atom stereocenters. The molecule has 0 aliphatic heterocycles. The van der Waals surface area contributed by atoms with Crippen molar-refractivity contribution in [1.82, 2.24) is 0 Å². The first-order chi connectivity index (χ1) is 7.07. The Morgan fingerprint density at radius 1 is 1.53 bits per heavy atom. The van der Waals surface area contributed by atoms with Crippen molar-refractivity contribution in [1.29, 1.82) is 0 Å². The average Bonchev–Trinajstić information content (AvgIpc) is 2.17. The van der Waals surface area contributed by atoms with Gasteiger partial charge in [0.2, 0.25) is 0 Å². The summed E-state index contributed by atoms with van der Waals surface area (Å²) in [6, 6.07) is 6.04. The molecule has 4 heteroatoms. The zero-order chi connectivity index (χ0) is 11.4. The van der Waals surface area contributed by atoms with E-state index in [4.69, 9.17) is 17.3 Å². The van der Waals surface area contributed by atoms with Crippen LogP contribution in [0.5, 0.6) is 0 Å².